The predicted molar refractivity (Wildman–Crippen MR) is 79.0 cm³/mol. The molecule has 0 amide bonds. The number of anilines is 1. The molecule has 1 saturated heterocycles. The molecule has 1 aromatic rings. The highest BCUT2D eigenvalue weighted by Crippen LogP contribution is 2.32. The van der Waals surface area contributed by atoms with Gasteiger partial charge in [-0.05, 0) is 30.9 Å². The first-order valence-corrected chi connectivity index (χ1v) is 7.07. The summed E-state index contributed by atoms with van der Waals surface area (Å²) in [5.74, 6) is 0.779. The Kier molecular flexibility index (Phi) is 4.64. The summed E-state index contributed by atoms with van der Waals surface area (Å²) < 4.78 is 13.4. The zero-order valence-electron chi connectivity index (χ0n) is 11.1. The Bertz CT molecular complexity index is 476. The highest BCUT2D eigenvalue weighted by molar-refractivity contribution is 6.28. The van der Waals surface area contributed by atoms with Crippen LogP contribution < -0.4 is 10.6 Å². The van der Waals surface area contributed by atoms with Crippen LogP contribution in [0.25, 0.3) is 0 Å². The molecule has 104 valence electrons. The van der Waals surface area contributed by atoms with Crippen molar-refractivity contribution in [3.8, 4) is 0 Å². The molecule has 19 heavy (non-hydrogen) atoms. The monoisotopic (exact) mass is 283 g/mol. The minimum atomic E-state index is -0.310. The van der Waals surface area contributed by atoms with Crippen molar-refractivity contribution < 1.29 is 4.39 Å². The number of benzene rings is 1. The second kappa shape index (κ2) is 6.24. The van der Waals surface area contributed by atoms with Crippen molar-refractivity contribution in [3.05, 3.63) is 24.0 Å². The van der Waals surface area contributed by atoms with E-state index in [4.69, 9.17) is 17.3 Å². The Morgan fingerprint density at radius 3 is 3.05 bits per heavy atom. The van der Waals surface area contributed by atoms with E-state index in [1.165, 1.54) is 18.6 Å². The summed E-state index contributed by atoms with van der Waals surface area (Å²) in [5.41, 5.74) is 7.15. The third kappa shape index (κ3) is 3.60. The Morgan fingerprint density at radius 2 is 2.37 bits per heavy atom. The predicted octanol–water partition coefficient (Wildman–Crippen LogP) is 3.29. The van der Waals surface area contributed by atoms with Gasteiger partial charge < -0.3 is 10.6 Å². The molecule has 5 heteroatoms. The maximum absolute atomic E-state index is 13.4. The van der Waals surface area contributed by atoms with Crippen LogP contribution in [0.15, 0.2) is 23.2 Å². The third-order valence-corrected chi connectivity index (χ3v) is 3.61. The number of hydrogen-bond acceptors (Lipinski definition) is 2. The normalized spacial score (nSPS) is 20.7. The van der Waals surface area contributed by atoms with Gasteiger partial charge in [0.05, 0.1) is 17.3 Å². The molecule has 3 nitrogen and oxygen atoms in total. The SMILES string of the molecule is CC1CCCN(c2ccc(F)cc2N=C(N)CCl)C1. The lowest BCUT2D eigenvalue weighted by Gasteiger charge is -2.33. The molecule has 0 bridgehead atoms. The van der Waals surface area contributed by atoms with E-state index in [-0.39, 0.29) is 11.7 Å². The average molecular weight is 284 g/mol. The van der Waals surface area contributed by atoms with E-state index in [9.17, 15) is 4.39 Å². The fraction of sp³-hybridized carbons (Fsp3) is 0.500. The molecule has 1 aromatic carbocycles. The molecule has 0 radical (unpaired) electrons. The van der Waals surface area contributed by atoms with Gasteiger partial charge in [-0.2, -0.15) is 0 Å². The van der Waals surface area contributed by atoms with Crippen molar-refractivity contribution in [2.45, 2.75) is 19.8 Å². The third-order valence-electron chi connectivity index (χ3n) is 3.34. The molecular formula is C14H19ClFN3. The highest BCUT2D eigenvalue weighted by Gasteiger charge is 2.19. The fourth-order valence-electron chi connectivity index (χ4n) is 2.45. The van der Waals surface area contributed by atoms with Crippen LogP contribution in [0.5, 0.6) is 0 Å². The van der Waals surface area contributed by atoms with Gasteiger partial charge >= 0.3 is 0 Å². The smallest absolute Gasteiger partial charge is 0.125 e. The van der Waals surface area contributed by atoms with Gasteiger partial charge in [0.2, 0.25) is 0 Å². The van der Waals surface area contributed by atoms with E-state index >= 15 is 0 Å². The minimum absolute atomic E-state index is 0.145. The number of halogens is 2. The van der Waals surface area contributed by atoms with Gasteiger partial charge in [0.1, 0.15) is 11.7 Å². The van der Waals surface area contributed by atoms with Gasteiger partial charge in [-0.1, -0.05) is 6.92 Å². The molecule has 0 saturated carbocycles. The molecule has 1 atom stereocenters. The molecule has 2 N–H and O–H groups in total. The lowest BCUT2D eigenvalue weighted by molar-refractivity contribution is 0.447. The van der Waals surface area contributed by atoms with Gasteiger partial charge in [0.25, 0.3) is 0 Å². The maximum Gasteiger partial charge on any atom is 0.125 e. The van der Waals surface area contributed by atoms with Gasteiger partial charge in [-0.25, -0.2) is 9.38 Å². The van der Waals surface area contributed by atoms with Crippen LogP contribution in [-0.2, 0) is 0 Å². The van der Waals surface area contributed by atoms with E-state index in [2.05, 4.69) is 16.8 Å². The van der Waals surface area contributed by atoms with Gasteiger partial charge in [-0.3, -0.25) is 0 Å². The number of aliphatic imine (C=N–C) groups is 1. The molecule has 0 aliphatic carbocycles. The molecule has 1 aliphatic rings. The molecular weight excluding hydrogens is 265 g/mol. The largest absolute Gasteiger partial charge is 0.386 e. The second-order valence-electron chi connectivity index (χ2n) is 5.06. The van der Waals surface area contributed by atoms with E-state index in [1.807, 2.05) is 0 Å². The van der Waals surface area contributed by atoms with Crippen LogP contribution in [0.3, 0.4) is 0 Å². The summed E-state index contributed by atoms with van der Waals surface area (Å²) in [4.78, 5) is 6.46. The van der Waals surface area contributed by atoms with Crippen LogP contribution in [0, 0.1) is 11.7 Å². The second-order valence-corrected chi connectivity index (χ2v) is 5.33. The van der Waals surface area contributed by atoms with E-state index < -0.39 is 0 Å². The van der Waals surface area contributed by atoms with E-state index in [1.54, 1.807) is 6.07 Å². The summed E-state index contributed by atoms with van der Waals surface area (Å²) >= 11 is 5.64. The van der Waals surface area contributed by atoms with E-state index in [0.717, 1.165) is 25.2 Å². The van der Waals surface area contributed by atoms with Crippen molar-refractivity contribution in [2.75, 3.05) is 23.9 Å². The van der Waals surface area contributed by atoms with Crippen LogP contribution in [0.1, 0.15) is 19.8 Å². The fourth-order valence-corrected chi connectivity index (χ4v) is 2.51. The number of nitrogens with zero attached hydrogens (tertiary/aromatic N) is 2. The minimum Gasteiger partial charge on any atom is -0.386 e. The quantitative estimate of drug-likeness (QED) is 0.525. The van der Waals surface area contributed by atoms with E-state index in [0.29, 0.717) is 17.4 Å². The van der Waals surface area contributed by atoms with Crippen molar-refractivity contribution >= 4 is 28.8 Å². The molecule has 1 heterocycles. The van der Waals surface area contributed by atoms with Gasteiger partial charge in [-0.15, -0.1) is 11.6 Å². The zero-order valence-corrected chi connectivity index (χ0v) is 11.8. The molecule has 0 spiro atoms. The van der Waals surface area contributed by atoms with Crippen LogP contribution in [0.4, 0.5) is 15.8 Å². The Balaban J connectivity index is 2.33. The van der Waals surface area contributed by atoms with Crippen molar-refractivity contribution in [1.29, 1.82) is 0 Å². The Labute approximate surface area is 118 Å². The number of amidine groups is 1. The first kappa shape index (κ1) is 14.1. The first-order valence-electron chi connectivity index (χ1n) is 6.53. The number of hydrogen-bond donors (Lipinski definition) is 1. The highest BCUT2D eigenvalue weighted by atomic mass is 35.5. The molecule has 2 rings (SSSR count). The standard InChI is InChI=1S/C14H19ClFN3/c1-10-3-2-6-19(9-10)13-5-4-11(16)7-12(13)18-14(17)8-15/h4-5,7,10H,2-3,6,8-9H2,1H3,(H2,17,18). The number of nitrogens with two attached hydrogens (primary N) is 1. The van der Waals surface area contributed by atoms with Crippen molar-refractivity contribution in [3.63, 3.8) is 0 Å². The lowest BCUT2D eigenvalue weighted by atomic mass is 9.99. The van der Waals surface area contributed by atoms with Gasteiger partial charge in [0, 0.05) is 19.2 Å². The number of rotatable bonds is 3. The van der Waals surface area contributed by atoms with Crippen LogP contribution >= 0.6 is 11.6 Å². The summed E-state index contributed by atoms with van der Waals surface area (Å²) in [6, 6.07) is 4.65. The van der Waals surface area contributed by atoms with Gasteiger partial charge in [0.15, 0.2) is 0 Å². The van der Waals surface area contributed by atoms with Crippen molar-refractivity contribution in [1.82, 2.24) is 0 Å². The maximum atomic E-state index is 13.4. The molecule has 1 aliphatic heterocycles. The van der Waals surface area contributed by atoms with Crippen molar-refractivity contribution in [2.24, 2.45) is 16.6 Å². The summed E-state index contributed by atoms with van der Waals surface area (Å²) in [6.45, 7) is 4.17. The molecule has 1 fully saturated rings. The Morgan fingerprint density at radius 1 is 1.58 bits per heavy atom. The summed E-state index contributed by atoms with van der Waals surface area (Å²) in [7, 11) is 0. The summed E-state index contributed by atoms with van der Waals surface area (Å²) in [5, 5.41) is 0. The Hall–Kier alpha value is -1.29. The first-order chi connectivity index (χ1) is 9.10. The number of alkyl halides is 1. The van der Waals surface area contributed by atoms with Crippen LogP contribution in [0.2, 0.25) is 0 Å². The topological polar surface area (TPSA) is 41.6 Å². The molecule has 0 aromatic heterocycles. The van der Waals surface area contributed by atoms with Crippen LogP contribution in [-0.4, -0.2) is 24.8 Å². The lowest BCUT2D eigenvalue weighted by Crippen LogP contribution is -2.34. The number of piperidine rings is 1. The molecule has 1 unspecified atom stereocenters. The average Bonchev–Trinajstić information content (AvgIpc) is 2.38. The summed E-state index contributed by atoms with van der Waals surface area (Å²) in [6.07, 6.45) is 2.38. The zero-order chi connectivity index (χ0) is 13.8.